The van der Waals surface area contributed by atoms with E-state index in [2.05, 4.69) is 26.8 Å². The second-order valence-corrected chi connectivity index (χ2v) is 12.9. The van der Waals surface area contributed by atoms with Crippen molar-refractivity contribution in [2.24, 2.45) is 0 Å². The fourth-order valence-corrected chi connectivity index (χ4v) is 5.88. The monoisotopic (exact) mass is 535 g/mol. The number of nitrogens with one attached hydrogen (secondary N) is 2. The van der Waals surface area contributed by atoms with E-state index in [4.69, 9.17) is 4.98 Å². The van der Waals surface area contributed by atoms with Gasteiger partial charge in [0.05, 0.1) is 42.1 Å². The maximum atomic E-state index is 14.9. The van der Waals surface area contributed by atoms with Crippen molar-refractivity contribution in [2.45, 2.75) is 64.3 Å². The lowest BCUT2D eigenvalue weighted by Crippen LogP contribution is -2.54. The van der Waals surface area contributed by atoms with Gasteiger partial charge in [0.25, 0.3) is 0 Å². The summed E-state index contributed by atoms with van der Waals surface area (Å²) in [6, 6.07) is 9.66. The molecule has 0 radical (unpaired) electrons. The van der Waals surface area contributed by atoms with Crippen LogP contribution in [0.4, 0.5) is 20.2 Å². The lowest BCUT2D eigenvalue weighted by molar-refractivity contribution is 0.0664. The molecule has 10 heteroatoms. The average Bonchev–Trinajstić information content (AvgIpc) is 2.81. The van der Waals surface area contributed by atoms with Crippen LogP contribution in [-0.2, 0) is 16.4 Å². The maximum Gasteiger partial charge on any atom is 0.232 e. The predicted molar refractivity (Wildman–Crippen MR) is 145 cm³/mol. The van der Waals surface area contributed by atoms with Crippen molar-refractivity contribution in [2.75, 3.05) is 48.6 Å². The van der Waals surface area contributed by atoms with Crippen molar-refractivity contribution in [1.82, 2.24) is 14.8 Å². The minimum Gasteiger partial charge on any atom is -0.378 e. The van der Waals surface area contributed by atoms with E-state index in [9.17, 15) is 17.2 Å². The Kier molecular flexibility index (Phi) is 8.40. The second kappa shape index (κ2) is 11.2. The highest BCUT2D eigenvalue weighted by molar-refractivity contribution is 7.92. The van der Waals surface area contributed by atoms with E-state index in [1.54, 1.807) is 33.0 Å². The number of rotatable bonds is 11. The number of pyridine rings is 1. The number of likely N-dealkylation sites (tertiary alicyclic amines) is 1. The van der Waals surface area contributed by atoms with Crippen LogP contribution in [0.15, 0.2) is 36.5 Å². The number of benzene rings is 1. The molecule has 37 heavy (non-hydrogen) atoms. The molecule has 0 aliphatic carbocycles. The molecule has 204 valence electrons. The normalized spacial score (nSPS) is 21.4. The van der Waals surface area contributed by atoms with Gasteiger partial charge >= 0.3 is 0 Å². The molecular weight excluding hydrogens is 496 g/mol. The molecule has 1 aromatic heterocycles. The minimum absolute atomic E-state index is 0.0165. The summed E-state index contributed by atoms with van der Waals surface area (Å²) >= 11 is 0. The third kappa shape index (κ3) is 6.97. The van der Waals surface area contributed by atoms with Gasteiger partial charge in [-0.05, 0) is 75.9 Å². The Labute approximate surface area is 219 Å². The van der Waals surface area contributed by atoms with Crippen molar-refractivity contribution in [3.63, 3.8) is 0 Å². The Morgan fingerprint density at radius 2 is 1.89 bits per heavy atom. The van der Waals surface area contributed by atoms with Crippen LogP contribution in [-0.4, -0.2) is 79.6 Å². The van der Waals surface area contributed by atoms with Crippen LogP contribution in [0.25, 0.3) is 0 Å². The van der Waals surface area contributed by atoms with E-state index in [0.29, 0.717) is 18.2 Å². The van der Waals surface area contributed by atoms with Crippen LogP contribution in [0.5, 0.6) is 0 Å². The smallest absolute Gasteiger partial charge is 0.232 e. The summed E-state index contributed by atoms with van der Waals surface area (Å²) in [5, 5.41) is 3.49. The number of aromatic nitrogens is 1. The number of anilines is 2. The van der Waals surface area contributed by atoms with Crippen LogP contribution < -0.4 is 10.0 Å². The Balaban J connectivity index is 1.60. The van der Waals surface area contributed by atoms with Gasteiger partial charge in [-0.15, -0.1) is 0 Å². The number of nitrogens with zero attached hydrogens (tertiary/aromatic N) is 3. The van der Waals surface area contributed by atoms with E-state index in [-0.39, 0.29) is 31.1 Å². The van der Waals surface area contributed by atoms with Gasteiger partial charge in [-0.2, -0.15) is 0 Å². The molecule has 0 unspecified atom stereocenters. The first kappa shape index (κ1) is 27.7. The summed E-state index contributed by atoms with van der Waals surface area (Å²) in [5.41, 5.74) is 2.83. The zero-order valence-corrected chi connectivity index (χ0v) is 23.0. The zero-order valence-electron chi connectivity index (χ0n) is 22.2. The van der Waals surface area contributed by atoms with Crippen molar-refractivity contribution >= 4 is 21.4 Å². The summed E-state index contributed by atoms with van der Waals surface area (Å²) in [4.78, 5) is 9.14. The molecule has 3 heterocycles. The van der Waals surface area contributed by atoms with Crippen LogP contribution in [0, 0.1) is 0 Å². The van der Waals surface area contributed by atoms with E-state index in [1.807, 2.05) is 24.3 Å². The van der Waals surface area contributed by atoms with Crippen molar-refractivity contribution in [3.05, 3.63) is 53.3 Å². The van der Waals surface area contributed by atoms with Crippen molar-refractivity contribution in [1.29, 1.82) is 0 Å². The molecule has 2 N–H and O–H groups in total. The largest absolute Gasteiger partial charge is 0.378 e. The molecule has 1 saturated heterocycles. The highest BCUT2D eigenvalue weighted by Gasteiger charge is 2.37. The van der Waals surface area contributed by atoms with Gasteiger partial charge in [-0.1, -0.05) is 6.07 Å². The van der Waals surface area contributed by atoms with Gasteiger partial charge in [0, 0.05) is 37.9 Å². The Morgan fingerprint density at radius 3 is 2.51 bits per heavy atom. The summed E-state index contributed by atoms with van der Waals surface area (Å²) in [7, 11) is -3.43. The molecule has 2 aliphatic heterocycles. The Morgan fingerprint density at radius 1 is 1.16 bits per heavy atom. The van der Waals surface area contributed by atoms with Gasteiger partial charge in [-0.3, -0.25) is 23.9 Å². The highest BCUT2D eigenvalue weighted by Crippen LogP contribution is 2.40. The zero-order chi connectivity index (χ0) is 26.8. The Hall–Kier alpha value is -2.30. The number of sulfonamides is 1. The third-order valence-electron chi connectivity index (χ3n) is 7.07. The summed E-state index contributed by atoms with van der Waals surface area (Å²) < 4.78 is 54.4. The topological polar surface area (TPSA) is 77.6 Å². The average molecular weight is 536 g/mol. The van der Waals surface area contributed by atoms with Gasteiger partial charge < -0.3 is 5.32 Å². The maximum absolute atomic E-state index is 14.9. The van der Waals surface area contributed by atoms with Gasteiger partial charge in [0.1, 0.15) is 5.67 Å². The highest BCUT2D eigenvalue weighted by atomic mass is 32.2. The first-order chi connectivity index (χ1) is 17.5. The number of fused-ring (bicyclic) bond motifs is 1. The van der Waals surface area contributed by atoms with Gasteiger partial charge in [-0.25, -0.2) is 12.8 Å². The summed E-state index contributed by atoms with van der Waals surface area (Å²) in [6.45, 7) is 9.32. The van der Waals surface area contributed by atoms with E-state index >= 15 is 0 Å². The first-order valence-corrected chi connectivity index (χ1v) is 14.7. The number of hydrogen-bond donors (Lipinski definition) is 2. The van der Waals surface area contributed by atoms with Crippen molar-refractivity contribution in [3.8, 4) is 0 Å². The van der Waals surface area contributed by atoms with Crippen LogP contribution in [0.1, 0.15) is 57.0 Å². The number of alkyl halides is 2. The fraction of sp³-hybridized carbons (Fsp3) is 0.593. The fourth-order valence-electron chi connectivity index (χ4n) is 5.24. The first-order valence-electron chi connectivity index (χ1n) is 13.1. The molecular formula is C27H39F2N5O2S. The van der Waals surface area contributed by atoms with Crippen molar-refractivity contribution < 1.29 is 17.2 Å². The predicted octanol–water partition coefficient (Wildman–Crippen LogP) is 4.38. The van der Waals surface area contributed by atoms with Crippen LogP contribution in [0.2, 0.25) is 0 Å². The van der Waals surface area contributed by atoms with Crippen LogP contribution in [0.3, 0.4) is 0 Å². The Bertz CT molecular complexity index is 1160. The molecule has 0 spiro atoms. The van der Waals surface area contributed by atoms with E-state index in [0.717, 1.165) is 48.6 Å². The summed E-state index contributed by atoms with van der Waals surface area (Å²) in [6.07, 6.45) is 3.11. The molecule has 2 atom stereocenters. The van der Waals surface area contributed by atoms with Gasteiger partial charge in [0.15, 0.2) is 0 Å². The minimum atomic E-state index is -3.43. The standard InChI is InChI=1S/C27H39F2N5O2S/c1-5-37(35,36)32-21-8-7-20-13-19(2)34(18-27(3,4)29)26(24(20)14-21)25-10-9-22(15-30-25)31-23-16-33(17-23)12-6-11-28/h7-10,14-15,19,23,26,31-32H,5-6,11-13,16-18H2,1-4H3/t19-,26+/m1/s1. The number of halogens is 2. The van der Waals surface area contributed by atoms with Gasteiger partial charge in [0.2, 0.25) is 10.0 Å². The molecule has 0 bridgehead atoms. The molecule has 7 nitrogen and oxygen atoms in total. The lowest BCUT2D eigenvalue weighted by atomic mass is 9.85. The molecule has 0 amide bonds. The molecule has 0 saturated carbocycles. The third-order valence-corrected chi connectivity index (χ3v) is 8.37. The number of hydrogen-bond acceptors (Lipinski definition) is 6. The quantitative estimate of drug-likeness (QED) is 0.445. The summed E-state index contributed by atoms with van der Waals surface area (Å²) in [5.74, 6) is -0.0165. The van der Waals surface area contributed by atoms with Crippen LogP contribution >= 0.6 is 0 Å². The SMILES string of the molecule is CCS(=O)(=O)Nc1ccc2c(c1)[C@@H](c1ccc(NC3CN(CCCF)C3)cn1)N(CC(C)(C)F)[C@H](C)C2. The second-order valence-electron chi connectivity index (χ2n) is 10.9. The van der Waals surface area contributed by atoms with E-state index in [1.165, 1.54) is 0 Å². The molecule has 1 fully saturated rings. The molecule has 1 aromatic carbocycles. The molecule has 2 aliphatic rings. The molecule has 4 rings (SSSR count). The lowest BCUT2D eigenvalue weighted by Gasteiger charge is -2.43. The molecule has 2 aromatic rings. The van der Waals surface area contributed by atoms with E-state index < -0.39 is 15.7 Å².